The minimum Gasteiger partial charge on any atom is -0.314 e. The van der Waals surface area contributed by atoms with Crippen molar-refractivity contribution in [3.8, 4) is 0 Å². The molecule has 1 heterocycles. The fourth-order valence-corrected chi connectivity index (χ4v) is 1.52. The van der Waals surface area contributed by atoms with Gasteiger partial charge in [0.1, 0.15) is 0 Å². The third-order valence-corrected chi connectivity index (χ3v) is 2.05. The Morgan fingerprint density at radius 2 is 2.00 bits per heavy atom. The summed E-state index contributed by atoms with van der Waals surface area (Å²) in [6.45, 7) is 7.51. The van der Waals surface area contributed by atoms with E-state index in [1.54, 1.807) is 0 Å². The predicted octanol–water partition coefficient (Wildman–Crippen LogP) is 2.95. The lowest BCUT2D eigenvalue weighted by atomic mass is 10.0. The Bertz CT molecular complexity index is 62.5. The molecule has 1 heteroatoms. The monoisotopic (exact) mass is 157 g/mol. The molecule has 68 valence electrons. The van der Waals surface area contributed by atoms with Crippen molar-refractivity contribution in [1.29, 1.82) is 0 Å². The third-order valence-electron chi connectivity index (χ3n) is 2.05. The Balaban J connectivity index is 0.000000461. The molecular formula is C10H23N. The molecule has 1 aliphatic heterocycles. The molecule has 0 aliphatic carbocycles. The summed E-state index contributed by atoms with van der Waals surface area (Å²) in [5.41, 5.74) is 0. The average Bonchev–Trinajstić information content (AvgIpc) is 2.11. The van der Waals surface area contributed by atoms with E-state index in [4.69, 9.17) is 0 Å². The minimum absolute atomic E-state index is 0.851. The van der Waals surface area contributed by atoms with Gasteiger partial charge in [-0.2, -0.15) is 0 Å². The van der Waals surface area contributed by atoms with Gasteiger partial charge in [-0.05, 0) is 25.8 Å². The molecule has 11 heavy (non-hydrogen) atoms. The Morgan fingerprint density at radius 3 is 2.45 bits per heavy atom. The fraction of sp³-hybridized carbons (Fsp3) is 1.00. The smallest absolute Gasteiger partial charge is 0.00669 e. The normalized spacial score (nSPS) is 23.7. The average molecular weight is 157 g/mol. The van der Waals surface area contributed by atoms with Gasteiger partial charge in [-0.25, -0.2) is 0 Å². The highest BCUT2D eigenvalue weighted by Gasteiger charge is 2.09. The second-order valence-electron chi connectivity index (χ2n) is 2.94. The van der Waals surface area contributed by atoms with Crippen LogP contribution in [0.15, 0.2) is 0 Å². The molecule has 1 saturated heterocycles. The highest BCUT2D eigenvalue weighted by molar-refractivity contribution is 4.70. The molecule has 0 saturated carbocycles. The Kier molecular flexibility index (Phi) is 8.03. The van der Waals surface area contributed by atoms with Crippen LogP contribution in [0.3, 0.4) is 0 Å². The van der Waals surface area contributed by atoms with Crippen molar-refractivity contribution in [2.75, 3.05) is 6.54 Å². The van der Waals surface area contributed by atoms with Gasteiger partial charge < -0.3 is 5.32 Å². The molecule has 1 N–H and O–H groups in total. The molecule has 1 rings (SSSR count). The zero-order valence-corrected chi connectivity index (χ0v) is 8.32. The molecule has 0 bridgehead atoms. The van der Waals surface area contributed by atoms with Gasteiger partial charge in [0.25, 0.3) is 0 Å². The summed E-state index contributed by atoms with van der Waals surface area (Å²) in [4.78, 5) is 0. The summed E-state index contributed by atoms with van der Waals surface area (Å²) >= 11 is 0. The van der Waals surface area contributed by atoms with Gasteiger partial charge in [0.15, 0.2) is 0 Å². The van der Waals surface area contributed by atoms with E-state index in [2.05, 4.69) is 12.2 Å². The van der Waals surface area contributed by atoms with E-state index in [9.17, 15) is 0 Å². The van der Waals surface area contributed by atoms with E-state index in [0.717, 1.165) is 6.04 Å². The van der Waals surface area contributed by atoms with Crippen molar-refractivity contribution >= 4 is 0 Å². The maximum absolute atomic E-state index is 3.52. The van der Waals surface area contributed by atoms with Crippen LogP contribution in [0.1, 0.15) is 52.9 Å². The molecule has 0 spiro atoms. The molecule has 1 nitrogen and oxygen atoms in total. The first-order valence-corrected chi connectivity index (χ1v) is 5.17. The third kappa shape index (κ3) is 5.25. The van der Waals surface area contributed by atoms with E-state index in [1.807, 2.05) is 13.8 Å². The van der Waals surface area contributed by atoms with E-state index in [1.165, 1.54) is 38.6 Å². The maximum Gasteiger partial charge on any atom is 0.00669 e. The van der Waals surface area contributed by atoms with Crippen molar-refractivity contribution < 1.29 is 0 Å². The van der Waals surface area contributed by atoms with Gasteiger partial charge >= 0.3 is 0 Å². The first-order valence-electron chi connectivity index (χ1n) is 5.17. The summed E-state index contributed by atoms with van der Waals surface area (Å²) in [6.07, 6.45) is 6.95. The van der Waals surface area contributed by atoms with Gasteiger partial charge in [0, 0.05) is 6.04 Å². The first-order chi connectivity index (χ1) is 5.43. The summed E-state index contributed by atoms with van der Waals surface area (Å²) in [5, 5.41) is 3.52. The highest BCUT2D eigenvalue weighted by Crippen LogP contribution is 2.10. The fourth-order valence-electron chi connectivity index (χ4n) is 1.52. The van der Waals surface area contributed by atoms with Crippen LogP contribution in [0.25, 0.3) is 0 Å². The van der Waals surface area contributed by atoms with E-state index < -0.39 is 0 Å². The Morgan fingerprint density at radius 1 is 1.27 bits per heavy atom. The second kappa shape index (κ2) is 8.06. The molecule has 0 radical (unpaired) electrons. The molecule has 0 aromatic carbocycles. The minimum atomic E-state index is 0.851. The zero-order chi connectivity index (χ0) is 8.53. The highest BCUT2D eigenvalue weighted by atomic mass is 14.9. The van der Waals surface area contributed by atoms with Crippen LogP contribution >= 0.6 is 0 Å². The number of nitrogens with one attached hydrogen (secondary N) is 1. The lowest BCUT2D eigenvalue weighted by Crippen LogP contribution is -2.33. The maximum atomic E-state index is 3.52. The molecule has 0 aromatic rings. The topological polar surface area (TPSA) is 12.0 Å². The lowest BCUT2D eigenvalue weighted by molar-refractivity contribution is 0.380. The van der Waals surface area contributed by atoms with Gasteiger partial charge in [0.2, 0.25) is 0 Å². The van der Waals surface area contributed by atoms with Gasteiger partial charge in [0.05, 0.1) is 0 Å². The summed E-state index contributed by atoms with van der Waals surface area (Å²) < 4.78 is 0. The number of rotatable bonds is 2. The molecule has 1 atom stereocenters. The predicted molar refractivity (Wildman–Crippen MR) is 51.9 cm³/mol. The van der Waals surface area contributed by atoms with Crippen molar-refractivity contribution in [1.82, 2.24) is 5.32 Å². The van der Waals surface area contributed by atoms with E-state index in [0.29, 0.717) is 0 Å². The Hall–Kier alpha value is -0.0400. The van der Waals surface area contributed by atoms with Crippen LogP contribution in [0, 0.1) is 0 Å². The van der Waals surface area contributed by atoms with Crippen molar-refractivity contribution in [3.05, 3.63) is 0 Å². The number of piperidine rings is 1. The van der Waals surface area contributed by atoms with Crippen molar-refractivity contribution in [2.24, 2.45) is 0 Å². The van der Waals surface area contributed by atoms with Gasteiger partial charge in [-0.1, -0.05) is 33.6 Å². The standard InChI is InChI=1S/C8H17N.C2H6/c1-2-5-8-6-3-4-7-9-8;1-2/h8-9H,2-7H2,1H3;1-2H3/t8-;/m0./s1. The molecule has 0 aromatic heterocycles. The molecule has 1 aliphatic rings. The van der Waals surface area contributed by atoms with Gasteiger partial charge in [-0.15, -0.1) is 0 Å². The van der Waals surface area contributed by atoms with Crippen molar-refractivity contribution in [2.45, 2.75) is 58.9 Å². The quantitative estimate of drug-likeness (QED) is 0.650. The second-order valence-corrected chi connectivity index (χ2v) is 2.94. The molecule has 1 fully saturated rings. The SMILES string of the molecule is CC.CCC[C@H]1CCCCN1. The number of hydrogen-bond acceptors (Lipinski definition) is 1. The van der Waals surface area contributed by atoms with Crippen LogP contribution in [0.2, 0.25) is 0 Å². The number of hydrogen-bond donors (Lipinski definition) is 1. The van der Waals surface area contributed by atoms with E-state index in [-0.39, 0.29) is 0 Å². The van der Waals surface area contributed by atoms with Crippen LogP contribution in [-0.2, 0) is 0 Å². The Labute approximate surface area is 71.6 Å². The van der Waals surface area contributed by atoms with E-state index >= 15 is 0 Å². The summed E-state index contributed by atoms with van der Waals surface area (Å²) in [5.74, 6) is 0. The molecular weight excluding hydrogens is 134 g/mol. The van der Waals surface area contributed by atoms with Crippen LogP contribution < -0.4 is 5.32 Å². The largest absolute Gasteiger partial charge is 0.314 e. The molecule has 0 unspecified atom stereocenters. The summed E-state index contributed by atoms with van der Waals surface area (Å²) in [7, 11) is 0. The zero-order valence-electron chi connectivity index (χ0n) is 8.32. The first kappa shape index (κ1) is 11.0. The van der Waals surface area contributed by atoms with Gasteiger partial charge in [-0.3, -0.25) is 0 Å². The van der Waals surface area contributed by atoms with Crippen LogP contribution in [-0.4, -0.2) is 12.6 Å². The molecule has 0 amide bonds. The van der Waals surface area contributed by atoms with Crippen molar-refractivity contribution in [3.63, 3.8) is 0 Å². The van der Waals surface area contributed by atoms with Crippen LogP contribution in [0.4, 0.5) is 0 Å². The van der Waals surface area contributed by atoms with Crippen LogP contribution in [0.5, 0.6) is 0 Å². The summed E-state index contributed by atoms with van der Waals surface area (Å²) in [6, 6.07) is 0.851. The lowest BCUT2D eigenvalue weighted by Gasteiger charge is -2.22.